The number of carbonyl (C=O) groups is 1. The van der Waals surface area contributed by atoms with Crippen LogP contribution in [0.25, 0.3) is 0 Å². The number of carbonyl (C=O) groups excluding carboxylic acids is 1. The van der Waals surface area contributed by atoms with Gasteiger partial charge in [0.2, 0.25) is 10.0 Å². The summed E-state index contributed by atoms with van der Waals surface area (Å²) < 4.78 is 34.0. The summed E-state index contributed by atoms with van der Waals surface area (Å²) in [6.07, 6.45) is -0.917. The summed E-state index contributed by atoms with van der Waals surface area (Å²) >= 11 is 0. The van der Waals surface area contributed by atoms with E-state index in [9.17, 15) is 18.3 Å². The summed E-state index contributed by atoms with van der Waals surface area (Å²) in [6.45, 7) is 1.47. The number of para-hydroxylation sites is 1. The summed E-state index contributed by atoms with van der Waals surface area (Å²) in [6, 6.07) is 12.6. The third-order valence-electron chi connectivity index (χ3n) is 5.07. The molecule has 0 radical (unpaired) electrons. The highest BCUT2D eigenvalue weighted by Gasteiger charge is 2.51. The molecule has 0 unspecified atom stereocenters. The van der Waals surface area contributed by atoms with Gasteiger partial charge in [0.05, 0.1) is 22.6 Å². The van der Waals surface area contributed by atoms with Gasteiger partial charge in [-0.3, -0.25) is 4.79 Å². The molecule has 0 aromatic heterocycles. The van der Waals surface area contributed by atoms with Crippen LogP contribution in [0.15, 0.2) is 53.4 Å². The Kier molecular flexibility index (Phi) is 4.10. The Morgan fingerprint density at radius 2 is 1.88 bits per heavy atom. The van der Waals surface area contributed by atoms with Gasteiger partial charge in [-0.15, -0.1) is 0 Å². The van der Waals surface area contributed by atoms with Crippen LogP contribution < -0.4 is 9.46 Å². The van der Waals surface area contributed by atoms with Crippen molar-refractivity contribution in [2.24, 2.45) is 0 Å². The van der Waals surface area contributed by atoms with Crippen LogP contribution in [-0.4, -0.2) is 37.6 Å². The Morgan fingerprint density at radius 1 is 1.15 bits per heavy atom. The highest BCUT2D eigenvalue weighted by Crippen LogP contribution is 2.48. The average molecular weight is 373 g/mol. The topological polar surface area (TPSA) is 92.7 Å². The van der Waals surface area contributed by atoms with E-state index in [1.807, 2.05) is 6.07 Å². The highest BCUT2D eigenvalue weighted by molar-refractivity contribution is 7.89. The average Bonchev–Trinajstić information content (AvgIpc) is 3.11. The molecule has 0 spiro atoms. The molecular formula is C19H19NO5S. The first kappa shape index (κ1) is 17.2. The van der Waals surface area contributed by atoms with E-state index in [-0.39, 0.29) is 22.7 Å². The second kappa shape index (κ2) is 6.19. The third kappa shape index (κ3) is 2.72. The quantitative estimate of drug-likeness (QED) is 0.798. The SMILES string of the molecule is CC(=O)c1cccc2c1O[C@H]1C[C@@H](O)[C@H](NS(=O)(=O)c3ccccc3)[C@@H]21. The largest absolute Gasteiger partial charge is 0.489 e. The molecule has 2 aliphatic rings. The number of hydrogen-bond acceptors (Lipinski definition) is 5. The van der Waals surface area contributed by atoms with Gasteiger partial charge in [0.25, 0.3) is 0 Å². The molecule has 0 amide bonds. The molecule has 1 saturated carbocycles. The first-order valence-electron chi connectivity index (χ1n) is 8.44. The zero-order valence-corrected chi connectivity index (χ0v) is 14.9. The normalized spacial score (nSPS) is 26.8. The van der Waals surface area contributed by atoms with Gasteiger partial charge in [0.1, 0.15) is 11.9 Å². The van der Waals surface area contributed by atoms with E-state index in [1.54, 1.807) is 30.3 Å². The summed E-state index contributed by atoms with van der Waals surface area (Å²) in [5.74, 6) is 0.0624. The van der Waals surface area contributed by atoms with Crippen molar-refractivity contribution in [3.05, 3.63) is 59.7 Å². The molecule has 2 aromatic rings. The summed E-state index contributed by atoms with van der Waals surface area (Å²) in [4.78, 5) is 12.0. The van der Waals surface area contributed by atoms with Crippen molar-refractivity contribution in [3.63, 3.8) is 0 Å². The van der Waals surface area contributed by atoms with Gasteiger partial charge in [-0.25, -0.2) is 13.1 Å². The van der Waals surface area contributed by atoms with Crippen molar-refractivity contribution in [1.29, 1.82) is 0 Å². The van der Waals surface area contributed by atoms with E-state index in [0.717, 1.165) is 5.56 Å². The fourth-order valence-electron chi connectivity index (χ4n) is 3.89. The molecule has 2 N–H and O–H groups in total. The van der Waals surface area contributed by atoms with Crippen LogP contribution in [0.1, 0.15) is 35.2 Å². The number of rotatable bonds is 4. The number of ketones is 1. The molecule has 7 heteroatoms. The van der Waals surface area contributed by atoms with Crippen molar-refractivity contribution in [3.8, 4) is 5.75 Å². The Hall–Kier alpha value is -2.22. The molecule has 1 heterocycles. The zero-order valence-electron chi connectivity index (χ0n) is 14.1. The van der Waals surface area contributed by atoms with Crippen LogP contribution in [0.4, 0.5) is 0 Å². The van der Waals surface area contributed by atoms with Gasteiger partial charge in [-0.2, -0.15) is 0 Å². The smallest absolute Gasteiger partial charge is 0.240 e. The maximum absolute atomic E-state index is 12.7. The first-order valence-corrected chi connectivity index (χ1v) is 9.93. The zero-order chi connectivity index (χ0) is 18.5. The number of ether oxygens (including phenoxy) is 1. The number of aliphatic hydroxyl groups is 1. The number of nitrogens with one attached hydrogen (secondary N) is 1. The summed E-state index contributed by atoms with van der Waals surface area (Å²) in [5, 5.41) is 10.4. The van der Waals surface area contributed by atoms with E-state index in [4.69, 9.17) is 4.74 Å². The summed E-state index contributed by atoms with van der Waals surface area (Å²) in [7, 11) is -3.78. The van der Waals surface area contributed by atoms with Gasteiger partial charge >= 0.3 is 0 Å². The fraction of sp³-hybridized carbons (Fsp3) is 0.316. The Morgan fingerprint density at radius 3 is 2.58 bits per heavy atom. The molecular weight excluding hydrogens is 354 g/mol. The number of fused-ring (bicyclic) bond motifs is 3. The van der Waals surface area contributed by atoms with E-state index >= 15 is 0 Å². The monoisotopic (exact) mass is 373 g/mol. The molecule has 0 bridgehead atoms. The number of hydrogen-bond donors (Lipinski definition) is 2. The van der Waals surface area contributed by atoms with E-state index in [1.165, 1.54) is 19.1 Å². The molecule has 1 aliphatic carbocycles. The van der Waals surface area contributed by atoms with Crippen LogP contribution in [0, 0.1) is 0 Å². The van der Waals surface area contributed by atoms with E-state index in [0.29, 0.717) is 17.7 Å². The van der Waals surface area contributed by atoms with Crippen molar-refractivity contribution in [2.45, 2.75) is 42.4 Å². The second-order valence-corrected chi connectivity index (χ2v) is 8.44. The van der Waals surface area contributed by atoms with Gasteiger partial charge in [-0.1, -0.05) is 30.3 Å². The van der Waals surface area contributed by atoms with Crippen molar-refractivity contribution in [2.75, 3.05) is 0 Å². The van der Waals surface area contributed by atoms with E-state index in [2.05, 4.69) is 4.72 Å². The minimum Gasteiger partial charge on any atom is -0.489 e. The van der Waals surface area contributed by atoms with Crippen LogP contribution >= 0.6 is 0 Å². The van der Waals surface area contributed by atoms with Gasteiger partial charge < -0.3 is 9.84 Å². The maximum atomic E-state index is 12.7. The first-order chi connectivity index (χ1) is 12.4. The molecule has 6 nitrogen and oxygen atoms in total. The second-order valence-electron chi connectivity index (χ2n) is 6.73. The van der Waals surface area contributed by atoms with Crippen molar-refractivity contribution < 1.29 is 23.1 Å². The molecule has 1 aliphatic heterocycles. The Labute approximate surface area is 151 Å². The lowest BCUT2D eigenvalue weighted by Gasteiger charge is -2.22. The van der Waals surface area contributed by atoms with Crippen molar-refractivity contribution >= 4 is 15.8 Å². The standard InChI is InChI=1S/C19H19NO5S/c1-11(21)13-8-5-9-14-17-16(25-19(13)14)10-15(22)18(17)20-26(23,24)12-6-3-2-4-7-12/h2-9,15-18,20,22H,10H2,1H3/t15-,16+,17+,18+/m1/s1. The fourth-order valence-corrected chi connectivity index (χ4v) is 5.21. The number of benzene rings is 2. The number of aliphatic hydroxyl groups excluding tert-OH is 1. The maximum Gasteiger partial charge on any atom is 0.240 e. The minimum absolute atomic E-state index is 0.108. The molecule has 4 atom stereocenters. The predicted molar refractivity (Wildman–Crippen MR) is 94.8 cm³/mol. The number of Topliss-reactive ketones (excluding diaryl/α,β-unsaturated/α-hetero) is 1. The minimum atomic E-state index is -3.78. The Bertz CT molecular complexity index is 957. The summed E-state index contributed by atoms with van der Waals surface area (Å²) in [5.41, 5.74) is 1.25. The molecule has 2 aromatic carbocycles. The van der Waals surface area contributed by atoms with Gasteiger partial charge in [-0.05, 0) is 25.1 Å². The van der Waals surface area contributed by atoms with Gasteiger partial charge in [0.15, 0.2) is 5.78 Å². The molecule has 26 heavy (non-hydrogen) atoms. The van der Waals surface area contributed by atoms with Crippen LogP contribution in [0.2, 0.25) is 0 Å². The predicted octanol–water partition coefficient (Wildman–Crippen LogP) is 1.85. The number of sulfonamides is 1. The molecule has 136 valence electrons. The van der Waals surface area contributed by atoms with Crippen LogP contribution in [0.3, 0.4) is 0 Å². The molecule has 4 rings (SSSR count). The lowest BCUT2D eigenvalue weighted by atomic mass is 9.92. The molecule has 0 saturated heterocycles. The van der Waals surface area contributed by atoms with Crippen LogP contribution in [-0.2, 0) is 10.0 Å². The lowest BCUT2D eigenvalue weighted by Crippen LogP contribution is -2.43. The van der Waals surface area contributed by atoms with E-state index < -0.39 is 22.2 Å². The van der Waals surface area contributed by atoms with Crippen LogP contribution in [0.5, 0.6) is 5.75 Å². The molecule has 1 fully saturated rings. The highest BCUT2D eigenvalue weighted by atomic mass is 32.2. The van der Waals surface area contributed by atoms with Crippen molar-refractivity contribution in [1.82, 2.24) is 4.72 Å². The van der Waals surface area contributed by atoms with Gasteiger partial charge in [0, 0.05) is 17.9 Å². The lowest BCUT2D eigenvalue weighted by molar-refractivity contribution is 0.101. The Balaban J connectivity index is 1.70. The third-order valence-corrected chi connectivity index (χ3v) is 6.55.